The summed E-state index contributed by atoms with van der Waals surface area (Å²) in [5, 5.41) is 13.9. The number of anilines is 1. The number of para-hydroxylation sites is 1. The van der Waals surface area contributed by atoms with Crippen LogP contribution in [0.3, 0.4) is 0 Å². The van der Waals surface area contributed by atoms with Crippen LogP contribution in [0.1, 0.15) is 10.4 Å². The van der Waals surface area contributed by atoms with Gasteiger partial charge in [0, 0.05) is 7.05 Å². The maximum atomic E-state index is 12.3. The predicted molar refractivity (Wildman–Crippen MR) is 108 cm³/mol. The van der Waals surface area contributed by atoms with Crippen molar-refractivity contribution in [2.75, 3.05) is 25.3 Å². The van der Waals surface area contributed by atoms with Crippen molar-refractivity contribution in [2.24, 2.45) is 7.05 Å². The SMILES string of the molecule is COC(=O)c1ccsc1NC(=O)CSc1nnc(-c2ccccc2OC)n1C. The summed E-state index contributed by atoms with van der Waals surface area (Å²) in [5.41, 5.74) is 1.15. The molecule has 0 spiro atoms. The van der Waals surface area contributed by atoms with Gasteiger partial charge in [0.15, 0.2) is 11.0 Å². The molecule has 3 aromatic rings. The first-order valence-electron chi connectivity index (χ1n) is 8.16. The molecule has 0 atom stereocenters. The number of methoxy groups -OCH3 is 2. The first kappa shape index (κ1) is 19.9. The van der Waals surface area contributed by atoms with Gasteiger partial charge in [-0.2, -0.15) is 0 Å². The van der Waals surface area contributed by atoms with Crippen molar-refractivity contribution in [3.63, 3.8) is 0 Å². The molecule has 1 N–H and O–H groups in total. The van der Waals surface area contributed by atoms with Crippen LogP contribution in [0.2, 0.25) is 0 Å². The fourth-order valence-electron chi connectivity index (χ4n) is 2.47. The van der Waals surface area contributed by atoms with Gasteiger partial charge in [0.25, 0.3) is 0 Å². The summed E-state index contributed by atoms with van der Waals surface area (Å²) in [5.74, 6) is 0.724. The highest BCUT2D eigenvalue weighted by Crippen LogP contribution is 2.30. The topological polar surface area (TPSA) is 95.3 Å². The number of benzene rings is 1. The van der Waals surface area contributed by atoms with E-state index in [1.165, 1.54) is 30.2 Å². The van der Waals surface area contributed by atoms with E-state index in [0.717, 1.165) is 5.56 Å². The molecular weight excluding hydrogens is 400 g/mol. The Bertz CT molecular complexity index is 999. The Balaban J connectivity index is 1.67. The minimum atomic E-state index is -0.487. The summed E-state index contributed by atoms with van der Waals surface area (Å²) in [6.45, 7) is 0. The zero-order valence-electron chi connectivity index (χ0n) is 15.5. The Hall–Kier alpha value is -2.85. The van der Waals surface area contributed by atoms with Gasteiger partial charge in [-0.3, -0.25) is 4.79 Å². The molecule has 0 aliphatic rings. The third-order valence-corrected chi connectivity index (χ3v) is 5.69. The Morgan fingerprint density at radius 3 is 2.75 bits per heavy atom. The average Bonchev–Trinajstić information content (AvgIpc) is 3.32. The monoisotopic (exact) mass is 418 g/mol. The summed E-state index contributed by atoms with van der Waals surface area (Å²) < 4.78 is 11.9. The van der Waals surface area contributed by atoms with E-state index in [2.05, 4.69) is 15.5 Å². The zero-order valence-corrected chi connectivity index (χ0v) is 17.1. The zero-order chi connectivity index (χ0) is 20.1. The number of esters is 1. The molecule has 0 unspecified atom stereocenters. The van der Waals surface area contributed by atoms with Crippen molar-refractivity contribution in [1.82, 2.24) is 14.8 Å². The number of hydrogen-bond donors (Lipinski definition) is 1. The number of thioether (sulfide) groups is 1. The van der Waals surface area contributed by atoms with E-state index >= 15 is 0 Å². The van der Waals surface area contributed by atoms with Crippen molar-refractivity contribution in [3.05, 3.63) is 41.3 Å². The highest BCUT2D eigenvalue weighted by Gasteiger charge is 2.18. The minimum absolute atomic E-state index is 0.121. The number of ether oxygens (including phenoxy) is 2. The summed E-state index contributed by atoms with van der Waals surface area (Å²) in [7, 11) is 4.73. The van der Waals surface area contributed by atoms with Crippen molar-refractivity contribution in [2.45, 2.75) is 5.16 Å². The lowest BCUT2D eigenvalue weighted by Gasteiger charge is -2.08. The average molecular weight is 419 g/mol. The smallest absolute Gasteiger partial charge is 0.340 e. The van der Waals surface area contributed by atoms with Gasteiger partial charge in [0.2, 0.25) is 5.91 Å². The lowest BCUT2D eigenvalue weighted by molar-refractivity contribution is -0.113. The van der Waals surface area contributed by atoms with E-state index < -0.39 is 5.97 Å². The third-order valence-electron chi connectivity index (χ3n) is 3.84. The standard InChI is InChI=1S/C18H18N4O4S2/c1-22-15(11-6-4-5-7-13(11)25-2)20-21-18(22)28-10-14(23)19-16-12(8-9-27-16)17(24)26-3/h4-9H,10H2,1-3H3,(H,19,23). The fraction of sp³-hybridized carbons (Fsp3) is 0.222. The molecule has 28 heavy (non-hydrogen) atoms. The molecule has 0 saturated heterocycles. The molecule has 2 heterocycles. The Labute approximate surface area is 169 Å². The summed E-state index contributed by atoms with van der Waals surface area (Å²) in [6, 6.07) is 9.14. The molecule has 0 fully saturated rings. The van der Waals surface area contributed by atoms with Gasteiger partial charge in [0.05, 0.1) is 31.1 Å². The summed E-state index contributed by atoms with van der Waals surface area (Å²) in [4.78, 5) is 24.0. The van der Waals surface area contributed by atoms with Crippen LogP contribution in [0.5, 0.6) is 5.75 Å². The van der Waals surface area contributed by atoms with E-state index in [1.54, 1.807) is 23.1 Å². The van der Waals surface area contributed by atoms with Crippen molar-refractivity contribution in [1.29, 1.82) is 0 Å². The number of carbonyl (C=O) groups excluding carboxylic acids is 2. The van der Waals surface area contributed by atoms with Crippen LogP contribution < -0.4 is 10.1 Å². The maximum Gasteiger partial charge on any atom is 0.340 e. The van der Waals surface area contributed by atoms with Crippen LogP contribution in [0.15, 0.2) is 40.9 Å². The van der Waals surface area contributed by atoms with Gasteiger partial charge >= 0.3 is 5.97 Å². The molecule has 146 valence electrons. The second-order valence-electron chi connectivity index (χ2n) is 5.56. The number of carbonyl (C=O) groups is 2. The van der Waals surface area contributed by atoms with Gasteiger partial charge in [0.1, 0.15) is 10.8 Å². The number of thiophene rings is 1. The van der Waals surface area contributed by atoms with Crippen molar-refractivity contribution < 1.29 is 19.1 Å². The Kier molecular flexibility index (Phi) is 6.32. The van der Waals surface area contributed by atoms with Gasteiger partial charge in [-0.1, -0.05) is 23.9 Å². The van der Waals surface area contributed by atoms with Crippen LogP contribution in [-0.4, -0.2) is 46.6 Å². The molecular formula is C18H18N4O4S2. The first-order valence-corrected chi connectivity index (χ1v) is 10.0. The molecule has 10 heteroatoms. The number of nitrogens with zero attached hydrogens (tertiary/aromatic N) is 3. The summed E-state index contributed by atoms with van der Waals surface area (Å²) in [6.07, 6.45) is 0. The third kappa shape index (κ3) is 4.18. The quantitative estimate of drug-likeness (QED) is 0.465. The number of hydrogen-bond acceptors (Lipinski definition) is 8. The summed E-state index contributed by atoms with van der Waals surface area (Å²) >= 11 is 2.51. The van der Waals surface area contributed by atoms with Crippen LogP contribution in [0.25, 0.3) is 11.4 Å². The molecule has 0 saturated carbocycles. The molecule has 1 aromatic carbocycles. The van der Waals surface area contributed by atoms with Crippen LogP contribution in [-0.2, 0) is 16.6 Å². The maximum absolute atomic E-state index is 12.3. The fourth-order valence-corrected chi connectivity index (χ4v) is 3.98. The molecule has 2 aromatic heterocycles. The van der Waals surface area contributed by atoms with Gasteiger partial charge in [-0.05, 0) is 23.6 Å². The molecule has 3 rings (SSSR count). The van der Waals surface area contributed by atoms with E-state index in [-0.39, 0.29) is 11.7 Å². The van der Waals surface area contributed by atoms with E-state index in [4.69, 9.17) is 9.47 Å². The predicted octanol–water partition coefficient (Wildman–Crippen LogP) is 3.07. The van der Waals surface area contributed by atoms with Crippen LogP contribution >= 0.6 is 23.1 Å². The largest absolute Gasteiger partial charge is 0.496 e. The number of rotatable bonds is 7. The highest BCUT2D eigenvalue weighted by molar-refractivity contribution is 7.99. The molecule has 0 aliphatic carbocycles. The second-order valence-corrected chi connectivity index (χ2v) is 7.42. The molecule has 8 nitrogen and oxygen atoms in total. The minimum Gasteiger partial charge on any atom is -0.496 e. The van der Waals surface area contributed by atoms with E-state index in [1.807, 2.05) is 31.3 Å². The number of amides is 1. The van der Waals surface area contributed by atoms with Gasteiger partial charge in [-0.25, -0.2) is 4.79 Å². The normalized spacial score (nSPS) is 10.5. The first-order chi connectivity index (χ1) is 13.5. The van der Waals surface area contributed by atoms with E-state index in [0.29, 0.717) is 27.3 Å². The molecule has 0 aliphatic heterocycles. The van der Waals surface area contributed by atoms with Crippen molar-refractivity contribution >= 4 is 40.0 Å². The van der Waals surface area contributed by atoms with Crippen LogP contribution in [0.4, 0.5) is 5.00 Å². The van der Waals surface area contributed by atoms with E-state index in [9.17, 15) is 9.59 Å². The molecule has 1 amide bonds. The Morgan fingerprint density at radius 1 is 1.21 bits per heavy atom. The molecule has 0 radical (unpaired) electrons. The number of nitrogens with one attached hydrogen (secondary N) is 1. The number of aromatic nitrogens is 3. The Morgan fingerprint density at radius 2 is 2.00 bits per heavy atom. The van der Waals surface area contributed by atoms with Gasteiger partial charge in [-0.15, -0.1) is 21.5 Å². The van der Waals surface area contributed by atoms with Crippen LogP contribution in [0, 0.1) is 0 Å². The highest BCUT2D eigenvalue weighted by atomic mass is 32.2. The second kappa shape index (κ2) is 8.89. The van der Waals surface area contributed by atoms with Gasteiger partial charge < -0.3 is 19.4 Å². The lowest BCUT2D eigenvalue weighted by atomic mass is 10.2. The molecule has 0 bridgehead atoms. The lowest BCUT2D eigenvalue weighted by Crippen LogP contribution is -2.16. The van der Waals surface area contributed by atoms with Crippen molar-refractivity contribution in [3.8, 4) is 17.1 Å².